The molecule has 0 spiro atoms. The van der Waals surface area contributed by atoms with Crippen molar-refractivity contribution in [2.24, 2.45) is 0 Å². The topological polar surface area (TPSA) is 23.8 Å². The molecule has 0 saturated carbocycles. The lowest BCUT2D eigenvalue weighted by molar-refractivity contribution is 0.607. The molecular formula is C15H21N. The van der Waals surface area contributed by atoms with Gasteiger partial charge in [0.15, 0.2) is 0 Å². The molecule has 0 heterocycles. The van der Waals surface area contributed by atoms with E-state index >= 15 is 0 Å². The Labute approximate surface area is 99.1 Å². The Bertz CT molecular complexity index is 336. The summed E-state index contributed by atoms with van der Waals surface area (Å²) < 4.78 is 0. The van der Waals surface area contributed by atoms with Gasteiger partial charge in [0.2, 0.25) is 0 Å². The zero-order chi connectivity index (χ0) is 11.6. The second-order valence-corrected chi connectivity index (χ2v) is 4.29. The minimum atomic E-state index is 0.844. The first-order chi connectivity index (χ1) is 7.88. The molecule has 1 rings (SSSR count). The first-order valence-electron chi connectivity index (χ1n) is 6.36. The molecule has 0 amide bonds. The highest BCUT2D eigenvalue weighted by atomic mass is 14.2. The molecule has 86 valence electrons. The summed E-state index contributed by atoms with van der Waals surface area (Å²) in [5.41, 5.74) is 2.05. The van der Waals surface area contributed by atoms with E-state index in [9.17, 15) is 0 Å². The van der Waals surface area contributed by atoms with Crippen molar-refractivity contribution < 1.29 is 0 Å². The highest BCUT2D eigenvalue weighted by Gasteiger charge is 1.99. The van der Waals surface area contributed by atoms with Gasteiger partial charge in [-0.1, -0.05) is 57.2 Å². The van der Waals surface area contributed by atoms with Crippen LogP contribution in [-0.2, 0) is 6.42 Å². The molecular weight excluding hydrogens is 194 g/mol. The highest BCUT2D eigenvalue weighted by molar-refractivity contribution is 5.37. The van der Waals surface area contributed by atoms with E-state index in [1.54, 1.807) is 0 Å². The summed E-state index contributed by atoms with van der Waals surface area (Å²) in [6, 6.07) is 10.2. The number of unbranched alkanes of at least 4 members (excludes halogenated alkanes) is 5. The Morgan fingerprint density at radius 2 is 1.69 bits per heavy atom. The Morgan fingerprint density at radius 3 is 2.44 bits per heavy atom. The van der Waals surface area contributed by atoms with Crippen molar-refractivity contribution in [3.8, 4) is 6.07 Å². The average molecular weight is 215 g/mol. The average Bonchev–Trinajstić information content (AvgIpc) is 2.34. The third kappa shape index (κ3) is 4.49. The maximum atomic E-state index is 8.94. The Morgan fingerprint density at radius 1 is 1.00 bits per heavy atom. The third-order valence-corrected chi connectivity index (χ3v) is 2.94. The van der Waals surface area contributed by atoms with Gasteiger partial charge in [0.05, 0.1) is 11.6 Å². The molecule has 16 heavy (non-hydrogen) atoms. The van der Waals surface area contributed by atoms with Gasteiger partial charge in [0.1, 0.15) is 0 Å². The molecule has 1 heteroatoms. The van der Waals surface area contributed by atoms with Gasteiger partial charge in [-0.2, -0.15) is 5.26 Å². The van der Waals surface area contributed by atoms with Crippen molar-refractivity contribution in [2.75, 3.05) is 0 Å². The fraction of sp³-hybridized carbons (Fsp3) is 0.533. The van der Waals surface area contributed by atoms with E-state index in [-0.39, 0.29) is 0 Å². The fourth-order valence-corrected chi connectivity index (χ4v) is 1.94. The minimum Gasteiger partial charge on any atom is -0.192 e. The standard InChI is InChI=1S/C15H21N/c1-2-3-4-5-6-7-10-14-11-8-9-12-15(14)13-16/h8-9,11-12H,2-7,10H2,1H3. The van der Waals surface area contributed by atoms with Gasteiger partial charge in [0.25, 0.3) is 0 Å². The monoisotopic (exact) mass is 215 g/mol. The lowest BCUT2D eigenvalue weighted by atomic mass is 10.0. The summed E-state index contributed by atoms with van der Waals surface area (Å²) in [5.74, 6) is 0. The van der Waals surface area contributed by atoms with E-state index in [1.807, 2.05) is 18.2 Å². The summed E-state index contributed by atoms with van der Waals surface area (Å²) in [5, 5.41) is 8.94. The molecule has 1 nitrogen and oxygen atoms in total. The molecule has 1 aromatic rings. The van der Waals surface area contributed by atoms with E-state index in [4.69, 9.17) is 5.26 Å². The quantitative estimate of drug-likeness (QED) is 0.616. The molecule has 0 aliphatic carbocycles. The van der Waals surface area contributed by atoms with Crippen molar-refractivity contribution in [3.63, 3.8) is 0 Å². The number of nitrogens with zero attached hydrogens (tertiary/aromatic N) is 1. The van der Waals surface area contributed by atoms with Gasteiger partial charge in [0, 0.05) is 0 Å². The molecule has 0 unspecified atom stereocenters. The van der Waals surface area contributed by atoms with E-state index in [2.05, 4.69) is 19.1 Å². The highest BCUT2D eigenvalue weighted by Crippen LogP contribution is 2.13. The first kappa shape index (κ1) is 12.8. The Hall–Kier alpha value is -1.29. The van der Waals surface area contributed by atoms with Crippen molar-refractivity contribution in [1.29, 1.82) is 5.26 Å². The molecule has 1 aromatic carbocycles. The first-order valence-corrected chi connectivity index (χ1v) is 6.36. The van der Waals surface area contributed by atoms with Crippen molar-refractivity contribution >= 4 is 0 Å². The van der Waals surface area contributed by atoms with Crippen LogP contribution in [0.15, 0.2) is 24.3 Å². The molecule has 0 N–H and O–H groups in total. The largest absolute Gasteiger partial charge is 0.192 e. The maximum absolute atomic E-state index is 8.94. The zero-order valence-electron chi connectivity index (χ0n) is 10.2. The van der Waals surface area contributed by atoms with Gasteiger partial charge in [-0.25, -0.2) is 0 Å². The van der Waals surface area contributed by atoms with E-state index in [0.29, 0.717) is 0 Å². The van der Waals surface area contributed by atoms with Crippen LogP contribution in [0, 0.1) is 11.3 Å². The number of hydrogen-bond donors (Lipinski definition) is 0. The molecule has 0 atom stereocenters. The number of hydrogen-bond acceptors (Lipinski definition) is 1. The molecule has 0 saturated heterocycles. The summed E-state index contributed by atoms with van der Waals surface area (Å²) >= 11 is 0. The second-order valence-electron chi connectivity index (χ2n) is 4.29. The van der Waals surface area contributed by atoms with Gasteiger partial charge >= 0.3 is 0 Å². The van der Waals surface area contributed by atoms with Crippen molar-refractivity contribution in [2.45, 2.75) is 51.9 Å². The van der Waals surface area contributed by atoms with Crippen LogP contribution < -0.4 is 0 Å². The molecule has 0 fully saturated rings. The van der Waals surface area contributed by atoms with E-state index in [1.165, 1.54) is 44.1 Å². The van der Waals surface area contributed by atoms with Crippen LogP contribution in [0.1, 0.15) is 56.6 Å². The van der Waals surface area contributed by atoms with Gasteiger partial charge in [-0.15, -0.1) is 0 Å². The fourth-order valence-electron chi connectivity index (χ4n) is 1.94. The molecule has 0 aliphatic rings. The number of rotatable bonds is 7. The van der Waals surface area contributed by atoms with Gasteiger partial charge < -0.3 is 0 Å². The minimum absolute atomic E-state index is 0.844. The lowest BCUT2D eigenvalue weighted by Crippen LogP contribution is -1.90. The summed E-state index contributed by atoms with van der Waals surface area (Å²) in [6.45, 7) is 2.24. The maximum Gasteiger partial charge on any atom is 0.0994 e. The summed E-state index contributed by atoms with van der Waals surface area (Å²) in [7, 11) is 0. The number of nitriles is 1. The second kappa shape index (κ2) is 7.93. The zero-order valence-corrected chi connectivity index (χ0v) is 10.2. The predicted molar refractivity (Wildman–Crippen MR) is 68.2 cm³/mol. The third-order valence-electron chi connectivity index (χ3n) is 2.94. The van der Waals surface area contributed by atoms with Crippen LogP contribution in [0.3, 0.4) is 0 Å². The molecule has 0 aliphatic heterocycles. The lowest BCUT2D eigenvalue weighted by Gasteiger charge is -2.03. The Kier molecular flexibility index (Phi) is 6.33. The van der Waals surface area contributed by atoms with Crippen LogP contribution in [0.4, 0.5) is 0 Å². The SMILES string of the molecule is CCCCCCCCc1ccccc1C#N. The predicted octanol–water partition coefficient (Wildman–Crippen LogP) is 4.46. The van der Waals surface area contributed by atoms with Crippen LogP contribution >= 0.6 is 0 Å². The van der Waals surface area contributed by atoms with E-state index < -0.39 is 0 Å². The van der Waals surface area contributed by atoms with Crippen LogP contribution in [0.25, 0.3) is 0 Å². The van der Waals surface area contributed by atoms with Crippen LogP contribution in [0.5, 0.6) is 0 Å². The summed E-state index contributed by atoms with van der Waals surface area (Å²) in [4.78, 5) is 0. The number of benzene rings is 1. The summed E-state index contributed by atoms with van der Waals surface area (Å²) in [6.07, 6.45) is 8.91. The normalized spacial score (nSPS) is 10.0. The molecule has 0 bridgehead atoms. The van der Waals surface area contributed by atoms with Crippen molar-refractivity contribution in [1.82, 2.24) is 0 Å². The molecule has 0 aromatic heterocycles. The number of aryl methyl sites for hydroxylation is 1. The van der Waals surface area contributed by atoms with Crippen molar-refractivity contribution in [3.05, 3.63) is 35.4 Å². The van der Waals surface area contributed by atoms with Crippen LogP contribution in [0.2, 0.25) is 0 Å². The Balaban J connectivity index is 2.24. The van der Waals surface area contributed by atoms with Gasteiger partial charge in [-0.05, 0) is 24.5 Å². The van der Waals surface area contributed by atoms with Crippen LogP contribution in [-0.4, -0.2) is 0 Å². The van der Waals surface area contributed by atoms with E-state index in [0.717, 1.165) is 12.0 Å². The molecule has 0 radical (unpaired) electrons. The van der Waals surface area contributed by atoms with Gasteiger partial charge in [-0.3, -0.25) is 0 Å². The smallest absolute Gasteiger partial charge is 0.0994 e.